The van der Waals surface area contributed by atoms with Gasteiger partial charge in [-0.2, -0.15) is 5.26 Å². The molecule has 1 saturated heterocycles. The van der Waals surface area contributed by atoms with Gasteiger partial charge in [0.1, 0.15) is 0 Å². The number of H-pyrrole nitrogens is 1. The molecule has 0 atom stereocenters. The second-order valence-electron chi connectivity index (χ2n) is 4.71. The van der Waals surface area contributed by atoms with Crippen LogP contribution in [0.3, 0.4) is 0 Å². The molecular weight excluding hydrogens is 188 g/mol. The van der Waals surface area contributed by atoms with E-state index in [1.807, 2.05) is 12.3 Å². The van der Waals surface area contributed by atoms with Crippen LogP contribution >= 0.6 is 0 Å². The Morgan fingerprint density at radius 3 is 2.53 bits per heavy atom. The van der Waals surface area contributed by atoms with Crippen LogP contribution in [0.4, 0.5) is 0 Å². The second kappa shape index (κ2) is 2.86. The third kappa shape index (κ3) is 0.929. The predicted molar refractivity (Wildman–Crippen MR) is 55.2 cm³/mol. The number of rotatable bonds is 2. The Balaban J connectivity index is 2.04. The number of nitriles is 1. The smallest absolute Gasteiger partial charge is 0.0756 e. The first-order chi connectivity index (χ1) is 7.33. The van der Waals surface area contributed by atoms with Gasteiger partial charge in [-0.1, -0.05) is 6.42 Å². The summed E-state index contributed by atoms with van der Waals surface area (Å²) in [5, 5.41) is 9.42. The fraction of sp³-hybridized carbons (Fsp3) is 0.583. The summed E-state index contributed by atoms with van der Waals surface area (Å²) < 4.78 is 5.37. The van der Waals surface area contributed by atoms with Gasteiger partial charge in [0.05, 0.1) is 30.1 Å². The van der Waals surface area contributed by atoms with E-state index in [4.69, 9.17) is 4.74 Å². The zero-order chi connectivity index (χ0) is 10.4. The van der Waals surface area contributed by atoms with E-state index in [0.29, 0.717) is 13.2 Å². The Kier molecular flexibility index (Phi) is 1.72. The molecule has 1 aromatic rings. The topological polar surface area (TPSA) is 48.8 Å². The lowest BCUT2D eigenvalue weighted by Gasteiger charge is -2.55. The Hall–Kier alpha value is -1.27. The molecule has 2 aliphatic rings. The van der Waals surface area contributed by atoms with Gasteiger partial charge in [-0.25, -0.2) is 0 Å². The highest BCUT2D eigenvalue weighted by Gasteiger charge is 2.61. The van der Waals surface area contributed by atoms with Crippen molar-refractivity contribution >= 4 is 0 Å². The molecule has 0 bridgehead atoms. The lowest BCUT2D eigenvalue weighted by Crippen LogP contribution is -2.61. The van der Waals surface area contributed by atoms with Gasteiger partial charge in [-0.05, 0) is 25.0 Å². The van der Waals surface area contributed by atoms with Crippen LogP contribution in [0.25, 0.3) is 0 Å². The molecule has 1 aliphatic heterocycles. The van der Waals surface area contributed by atoms with E-state index in [1.165, 1.54) is 12.1 Å². The lowest BCUT2D eigenvalue weighted by atomic mass is 9.51. The average Bonchev–Trinajstić information content (AvgIpc) is 2.60. The third-order valence-corrected chi connectivity index (χ3v) is 4.15. The molecule has 3 rings (SSSR count). The fourth-order valence-corrected chi connectivity index (χ4v) is 2.85. The van der Waals surface area contributed by atoms with Gasteiger partial charge in [-0.15, -0.1) is 0 Å². The molecule has 0 radical (unpaired) electrons. The number of nitrogens with zero attached hydrogens (tertiary/aromatic N) is 1. The van der Waals surface area contributed by atoms with Crippen LogP contribution in [0.5, 0.6) is 0 Å². The molecule has 2 fully saturated rings. The van der Waals surface area contributed by atoms with Crippen LogP contribution in [-0.2, 0) is 10.2 Å². The quantitative estimate of drug-likeness (QED) is 0.797. The average molecular weight is 202 g/mol. The molecule has 15 heavy (non-hydrogen) atoms. The fourth-order valence-electron chi connectivity index (χ4n) is 2.85. The van der Waals surface area contributed by atoms with Crippen LogP contribution in [0.1, 0.15) is 25.0 Å². The minimum Gasteiger partial charge on any atom is -0.379 e. The van der Waals surface area contributed by atoms with Crippen LogP contribution < -0.4 is 0 Å². The van der Waals surface area contributed by atoms with E-state index in [0.717, 1.165) is 12.8 Å². The maximum absolute atomic E-state index is 9.42. The molecule has 3 heteroatoms. The maximum Gasteiger partial charge on any atom is 0.0756 e. The third-order valence-electron chi connectivity index (χ3n) is 4.15. The Labute approximate surface area is 89.1 Å². The van der Waals surface area contributed by atoms with Crippen LogP contribution in [0.15, 0.2) is 18.3 Å². The molecule has 1 aromatic heterocycles. The normalized spacial score (nSPS) is 26.1. The molecule has 3 nitrogen and oxygen atoms in total. The summed E-state index contributed by atoms with van der Waals surface area (Å²) >= 11 is 0. The standard InChI is InChI=1S/C12H14N2O/c13-7-11(4-2-5-11)12(8-15-9-12)10-3-1-6-14-10/h1,3,6,14H,2,4-5,8-9H2. The van der Waals surface area contributed by atoms with Gasteiger partial charge >= 0.3 is 0 Å². The second-order valence-corrected chi connectivity index (χ2v) is 4.71. The minimum absolute atomic E-state index is 0.0521. The van der Waals surface area contributed by atoms with Crippen molar-refractivity contribution in [2.24, 2.45) is 5.41 Å². The number of aromatic amines is 1. The zero-order valence-electron chi connectivity index (χ0n) is 8.62. The van der Waals surface area contributed by atoms with Crippen molar-refractivity contribution in [2.45, 2.75) is 24.7 Å². The summed E-state index contributed by atoms with van der Waals surface area (Å²) in [5.74, 6) is 0. The highest BCUT2D eigenvalue weighted by atomic mass is 16.5. The number of hydrogen-bond acceptors (Lipinski definition) is 2. The number of hydrogen-bond donors (Lipinski definition) is 1. The molecule has 1 saturated carbocycles. The van der Waals surface area contributed by atoms with Gasteiger partial charge in [-0.3, -0.25) is 0 Å². The summed E-state index contributed by atoms with van der Waals surface area (Å²) in [5.41, 5.74) is 0.953. The van der Waals surface area contributed by atoms with Crippen molar-refractivity contribution in [2.75, 3.05) is 13.2 Å². The molecule has 0 aromatic carbocycles. The largest absolute Gasteiger partial charge is 0.379 e. The number of ether oxygens (including phenoxy) is 1. The van der Waals surface area contributed by atoms with Crippen LogP contribution in [-0.4, -0.2) is 18.2 Å². The molecule has 0 unspecified atom stereocenters. The predicted octanol–water partition coefficient (Wildman–Crippen LogP) is 1.98. The summed E-state index contributed by atoms with van der Waals surface area (Å²) in [4.78, 5) is 3.26. The molecule has 0 spiro atoms. The maximum atomic E-state index is 9.42. The van der Waals surface area contributed by atoms with Gasteiger partial charge in [0.15, 0.2) is 0 Å². The lowest BCUT2D eigenvalue weighted by molar-refractivity contribution is -0.136. The van der Waals surface area contributed by atoms with Crippen LogP contribution in [0, 0.1) is 16.7 Å². The molecule has 78 valence electrons. The van der Waals surface area contributed by atoms with Gasteiger partial charge < -0.3 is 9.72 Å². The van der Waals surface area contributed by atoms with Gasteiger partial charge in [0, 0.05) is 11.9 Å². The van der Waals surface area contributed by atoms with Crippen molar-refractivity contribution in [3.05, 3.63) is 24.0 Å². The molecule has 0 amide bonds. The van der Waals surface area contributed by atoms with Crippen molar-refractivity contribution in [1.82, 2.24) is 4.98 Å². The van der Waals surface area contributed by atoms with E-state index < -0.39 is 0 Å². The first-order valence-corrected chi connectivity index (χ1v) is 5.46. The van der Waals surface area contributed by atoms with Crippen molar-refractivity contribution in [3.63, 3.8) is 0 Å². The van der Waals surface area contributed by atoms with Crippen LogP contribution in [0.2, 0.25) is 0 Å². The zero-order valence-corrected chi connectivity index (χ0v) is 8.62. The Bertz CT molecular complexity index is 394. The van der Waals surface area contributed by atoms with E-state index in [9.17, 15) is 5.26 Å². The van der Waals surface area contributed by atoms with Crippen molar-refractivity contribution in [3.8, 4) is 6.07 Å². The van der Waals surface area contributed by atoms with E-state index >= 15 is 0 Å². The first kappa shape index (κ1) is 8.99. The molecular formula is C12H14N2O. The van der Waals surface area contributed by atoms with E-state index in [2.05, 4.69) is 17.1 Å². The van der Waals surface area contributed by atoms with E-state index in [-0.39, 0.29) is 10.8 Å². The number of aromatic nitrogens is 1. The first-order valence-electron chi connectivity index (χ1n) is 5.46. The van der Waals surface area contributed by atoms with Gasteiger partial charge in [0.2, 0.25) is 0 Å². The Morgan fingerprint density at radius 1 is 1.40 bits per heavy atom. The highest BCUT2D eigenvalue weighted by molar-refractivity contribution is 5.32. The highest BCUT2D eigenvalue weighted by Crippen LogP contribution is 2.57. The monoisotopic (exact) mass is 202 g/mol. The summed E-state index contributed by atoms with van der Waals surface area (Å²) in [6.45, 7) is 1.39. The SMILES string of the molecule is N#CC1(C2(c3ccc[nH]3)COC2)CCC1. The summed E-state index contributed by atoms with van der Waals surface area (Å²) in [6.07, 6.45) is 5.15. The van der Waals surface area contributed by atoms with E-state index in [1.54, 1.807) is 0 Å². The molecule has 1 aliphatic carbocycles. The van der Waals surface area contributed by atoms with Gasteiger partial charge in [0.25, 0.3) is 0 Å². The van der Waals surface area contributed by atoms with Crippen molar-refractivity contribution in [1.29, 1.82) is 5.26 Å². The minimum atomic E-state index is -0.171. The van der Waals surface area contributed by atoms with Crippen molar-refractivity contribution < 1.29 is 4.74 Å². The summed E-state index contributed by atoms with van der Waals surface area (Å²) in [7, 11) is 0. The molecule has 2 heterocycles. The Morgan fingerprint density at radius 2 is 2.20 bits per heavy atom. The summed E-state index contributed by atoms with van der Waals surface area (Å²) in [6, 6.07) is 6.63. The molecule has 1 N–H and O–H groups in total. The number of nitrogens with one attached hydrogen (secondary N) is 1.